The molecule has 2 atom stereocenters. The number of nitrogens with zero attached hydrogens (tertiary/aromatic N) is 1. The highest BCUT2D eigenvalue weighted by Gasteiger charge is 2.26. The van der Waals surface area contributed by atoms with E-state index in [4.69, 9.17) is 0 Å². The van der Waals surface area contributed by atoms with Crippen LogP contribution < -0.4 is 0 Å². The van der Waals surface area contributed by atoms with Gasteiger partial charge in [-0.2, -0.15) is 0 Å². The molecule has 0 N–H and O–H groups in total. The molecule has 1 amide bonds. The second-order valence-electron chi connectivity index (χ2n) is 6.03. The topological polar surface area (TPSA) is 20.3 Å². The smallest absolute Gasteiger partial charge is 0.253 e. The summed E-state index contributed by atoms with van der Waals surface area (Å²) in [6, 6.07) is 6.11. The first-order valence-corrected chi connectivity index (χ1v) is 6.83. The molecule has 0 bridgehead atoms. The van der Waals surface area contributed by atoms with Crippen LogP contribution in [0.25, 0.3) is 0 Å². The van der Waals surface area contributed by atoms with Crippen LogP contribution >= 0.6 is 0 Å². The third kappa shape index (κ3) is 2.92. The Morgan fingerprint density at radius 1 is 1.06 bits per heavy atom. The molecular formula is C16H23NO. The molecule has 1 fully saturated rings. The molecule has 0 saturated carbocycles. The summed E-state index contributed by atoms with van der Waals surface area (Å²) in [7, 11) is 0. The van der Waals surface area contributed by atoms with Gasteiger partial charge in [0.1, 0.15) is 0 Å². The Bertz CT molecular complexity index is 422. The predicted molar refractivity (Wildman–Crippen MR) is 74.8 cm³/mol. The third-order valence-electron chi connectivity index (χ3n) is 3.62. The van der Waals surface area contributed by atoms with Crippen LogP contribution in [-0.2, 0) is 0 Å². The summed E-state index contributed by atoms with van der Waals surface area (Å²) in [6.07, 6.45) is 1.23. The first-order valence-electron chi connectivity index (χ1n) is 6.83. The fourth-order valence-electron chi connectivity index (χ4n) is 3.11. The molecule has 98 valence electrons. The lowest BCUT2D eigenvalue weighted by Crippen LogP contribution is -2.42. The van der Waals surface area contributed by atoms with Crippen LogP contribution in [0.5, 0.6) is 0 Å². The molecule has 1 saturated heterocycles. The molecule has 18 heavy (non-hydrogen) atoms. The molecule has 0 aromatic heterocycles. The van der Waals surface area contributed by atoms with Gasteiger partial charge in [0.2, 0.25) is 0 Å². The highest BCUT2D eigenvalue weighted by atomic mass is 16.2. The molecular weight excluding hydrogens is 222 g/mol. The highest BCUT2D eigenvalue weighted by Crippen LogP contribution is 2.23. The quantitative estimate of drug-likeness (QED) is 0.742. The molecule has 2 nitrogen and oxygen atoms in total. The minimum atomic E-state index is 0.195. The van der Waals surface area contributed by atoms with E-state index in [1.54, 1.807) is 0 Å². The Morgan fingerprint density at radius 2 is 1.56 bits per heavy atom. The van der Waals surface area contributed by atoms with Crippen LogP contribution in [0, 0.1) is 25.7 Å². The Balaban J connectivity index is 2.20. The summed E-state index contributed by atoms with van der Waals surface area (Å²) in [5.41, 5.74) is 3.17. The number of rotatable bonds is 1. The van der Waals surface area contributed by atoms with Crippen LogP contribution in [0.4, 0.5) is 0 Å². The molecule has 0 spiro atoms. The number of aryl methyl sites for hydroxylation is 2. The van der Waals surface area contributed by atoms with E-state index >= 15 is 0 Å². The average Bonchev–Trinajstić information content (AvgIpc) is 2.25. The molecule has 1 aliphatic rings. The minimum absolute atomic E-state index is 0.195. The number of benzene rings is 1. The van der Waals surface area contributed by atoms with Crippen molar-refractivity contribution in [3.05, 3.63) is 34.9 Å². The van der Waals surface area contributed by atoms with E-state index < -0.39 is 0 Å². The monoisotopic (exact) mass is 245 g/mol. The van der Waals surface area contributed by atoms with E-state index in [-0.39, 0.29) is 5.91 Å². The zero-order valence-corrected chi connectivity index (χ0v) is 11.9. The van der Waals surface area contributed by atoms with Crippen molar-refractivity contribution in [1.82, 2.24) is 4.90 Å². The van der Waals surface area contributed by atoms with Gasteiger partial charge >= 0.3 is 0 Å². The number of hydrogen-bond donors (Lipinski definition) is 0. The van der Waals surface area contributed by atoms with Crippen molar-refractivity contribution in [2.75, 3.05) is 13.1 Å². The maximum atomic E-state index is 12.5. The second kappa shape index (κ2) is 5.13. The Morgan fingerprint density at radius 3 is 2.06 bits per heavy atom. The van der Waals surface area contributed by atoms with Crippen LogP contribution in [0.1, 0.15) is 41.8 Å². The zero-order valence-electron chi connectivity index (χ0n) is 11.9. The summed E-state index contributed by atoms with van der Waals surface area (Å²) in [5.74, 6) is 1.42. The summed E-state index contributed by atoms with van der Waals surface area (Å²) < 4.78 is 0. The predicted octanol–water partition coefficient (Wildman–Crippen LogP) is 3.42. The Kier molecular flexibility index (Phi) is 3.74. The van der Waals surface area contributed by atoms with E-state index in [0.717, 1.165) is 29.8 Å². The fraction of sp³-hybridized carbons (Fsp3) is 0.562. The fourth-order valence-corrected chi connectivity index (χ4v) is 3.11. The third-order valence-corrected chi connectivity index (χ3v) is 3.62. The number of amides is 1. The van der Waals surface area contributed by atoms with Gasteiger partial charge in [0.05, 0.1) is 0 Å². The molecule has 1 aromatic carbocycles. The van der Waals surface area contributed by atoms with Gasteiger partial charge in [0.15, 0.2) is 0 Å². The lowest BCUT2D eigenvalue weighted by atomic mass is 9.91. The van der Waals surface area contributed by atoms with Crippen LogP contribution in [0.2, 0.25) is 0 Å². The van der Waals surface area contributed by atoms with Crippen LogP contribution in [0.3, 0.4) is 0 Å². The van der Waals surface area contributed by atoms with E-state index in [9.17, 15) is 4.79 Å². The van der Waals surface area contributed by atoms with Crippen LogP contribution in [0.15, 0.2) is 18.2 Å². The van der Waals surface area contributed by atoms with E-state index in [1.165, 1.54) is 6.42 Å². The lowest BCUT2D eigenvalue weighted by Gasteiger charge is -2.35. The van der Waals surface area contributed by atoms with Gasteiger partial charge in [-0.15, -0.1) is 0 Å². The minimum Gasteiger partial charge on any atom is -0.338 e. The number of likely N-dealkylation sites (tertiary alicyclic amines) is 1. The van der Waals surface area contributed by atoms with Gasteiger partial charge in [-0.3, -0.25) is 4.79 Å². The average molecular weight is 245 g/mol. The summed E-state index contributed by atoms with van der Waals surface area (Å²) in [4.78, 5) is 14.5. The zero-order chi connectivity index (χ0) is 13.3. The largest absolute Gasteiger partial charge is 0.338 e. The van der Waals surface area contributed by atoms with Gasteiger partial charge in [-0.25, -0.2) is 0 Å². The van der Waals surface area contributed by atoms with Gasteiger partial charge in [0.25, 0.3) is 5.91 Å². The molecule has 1 heterocycles. The first-order chi connectivity index (χ1) is 8.45. The first kappa shape index (κ1) is 13.1. The van der Waals surface area contributed by atoms with Crippen molar-refractivity contribution >= 4 is 5.91 Å². The molecule has 1 aliphatic heterocycles. The van der Waals surface area contributed by atoms with Crippen molar-refractivity contribution in [2.45, 2.75) is 34.1 Å². The Labute approximate surface area is 110 Å². The highest BCUT2D eigenvalue weighted by molar-refractivity contribution is 5.94. The molecule has 2 rings (SSSR count). The molecule has 2 heteroatoms. The van der Waals surface area contributed by atoms with Gasteiger partial charge < -0.3 is 4.90 Å². The maximum Gasteiger partial charge on any atom is 0.253 e. The van der Waals surface area contributed by atoms with Crippen molar-refractivity contribution in [3.63, 3.8) is 0 Å². The van der Waals surface area contributed by atoms with Crippen LogP contribution in [-0.4, -0.2) is 23.9 Å². The van der Waals surface area contributed by atoms with E-state index in [0.29, 0.717) is 11.8 Å². The van der Waals surface area contributed by atoms with Gasteiger partial charge in [-0.1, -0.05) is 31.0 Å². The number of carbonyl (C=O) groups is 1. The van der Waals surface area contributed by atoms with Crippen molar-refractivity contribution in [1.29, 1.82) is 0 Å². The number of hydrogen-bond acceptors (Lipinski definition) is 1. The van der Waals surface area contributed by atoms with Gasteiger partial charge in [-0.05, 0) is 44.2 Å². The summed E-state index contributed by atoms with van der Waals surface area (Å²) >= 11 is 0. The molecule has 0 radical (unpaired) electrons. The van der Waals surface area contributed by atoms with Gasteiger partial charge in [0, 0.05) is 18.7 Å². The van der Waals surface area contributed by atoms with Crippen molar-refractivity contribution < 1.29 is 4.79 Å². The van der Waals surface area contributed by atoms with E-state index in [1.807, 2.05) is 30.9 Å². The maximum absolute atomic E-state index is 12.5. The lowest BCUT2D eigenvalue weighted by molar-refractivity contribution is 0.0623. The normalized spacial score (nSPS) is 24.1. The number of piperidine rings is 1. The van der Waals surface area contributed by atoms with Crippen molar-refractivity contribution in [2.24, 2.45) is 11.8 Å². The number of carbonyl (C=O) groups excluding carboxylic acids is 1. The molecule has 0 aliphatic carbocycles. The summed E-state index contributed by atoms with van der Waals surface area (Å²) in [5, 5.41) is 0. The Hall–Kier alpha value is -1.31. The second-order valence-corrected chi connectivity index (χ2v) is 6.03. The molecule has 1 aromatic rings. The summed E-state index contributed by atoms with van der Waals surface area (Å²) in [6.45, 7) is 10.4. The standard InChI is InChI=1S/C16H23NO/c1-11-5-12(2)8-15(7-11)16(18)17-9-13(3)6-14(4)10-17/h5,7-8,13-14H,6,9-10H2,1-4H3. The molecule has 2 unspecified atom stereocenters. The van der Waals surface area contributed by atoms with Crippen molar-refractivity contribution in [3.8, 4) is 0 Å². The van der Waals surface area contributed by atoms with E-state index in [2.05, 4.69) is 19.9 Å². The SMILES string of the molecule is Cc1cc(C)cc(C(=O)N2CC(C)CC(C)C2)c1.